The minimum Gasteiger partial charge on any atom is -0.313 e. The van der Waals surface area contributed by atoms with E-state index in [9.17, 15) is 4.79 Å². The van der Waals surface area contributed by atoms with Crippen molar-refractivity contribution in [3.05, 3.63) is 85.3 Å². The first-order chi connectivity index (χ1) is 13.1. The highest BCUT2D eigenvalue weighted by Gasteiger charge is 2.31. The van der Waals surface area contributed by atoms with Crippen molar-refractivity contribution >= 4 is 45.1 Å². The van der Waals surface area contributed by atoms with Crippen LogP contribution in [0.15, 0.2) is 53.7 Å². The average Bonchev–Trinajstić information content (AvgIpc) is 3.31. The van der Waals surface area contributed by atoms with Gasteiger partial charge in [-0.25, -0.2) is 4.98 Å². The Morgan fingerprint density at radius 3 is 2.93 bits per heavy atom. The van der Waals surface area contributed by atoms with Gasteiger partial charge >= 0.3 is 0 Å². The molecule has 0 radical (unpaired) electrons. The number of aromatic nitrogens is 4. The van der Waals surface area contributed by atoms with E-state index in [1.54, 1.807) is 6.20 Å². The number of aromatic amines is 2. The second-order valence-electron chi connectivity index (χ2n) is 6.21. The Balaban J connectivity index is 1.80. The third-order valence-corrected chi connectivity index (χ3v) is 5.98. The van der Waals surface area contributed by atoms with Gasteiger partial charge in [-0.05, 0) is 23.8 Å². The van der Waals surface area contributed by atoms with Gasteiger partial charge in [-0.15, -0.1) is 11.3 Å². The largest absolute Gasteiger partial charge is 0.313 e. The van der Waals surface area contributed by atoms with E-state index in [0.29, 0.717) is 15.6 Å². The number of allylic oxidation sites excluding steroid dienone is 1. The molecule has 0 saturated carbocycles. The summed E-state index contributed by atoms with van der Waals surface area (Å²) in [5.41, 5.74) is 3.33. The Labute approximate surface area is 162 Å². The fraction of sp³-hybridized carbons (Fsp3) is 0.0526. The van der Waals surface area contributed by atoms with Crippen LogP contribution in [0.3, 0.4) is 0 Å². The van der Waals surface area contributed by atoms with E-state index in [0.717, 1.165) is 26.9 Å². The van der Waals surface area contributed by atoms with E-state index in [1.807, 2.05) is 36.4 Å². The molecule has 5 rings (SSSR count). The molecule has 1 aliphatic rings. The molecule has 27 heavy (non-hydrogen) atoms. The molecule has 0 spiro atoms. The zero-order valence-corrected chi connectivity index (χ0v) is 15.4. The number of nitrogens with zero attached hydrogens (tertiary/aromatic N) is 2. The molecule has 0 aliphatic heterocycles. The third kappa shape index (κ3) is 2.47. The van der Waals surface area contributed by atoms with Crippen molar-refractivity contribution in [1.29, 1.82) is 5.41 Å². The zero-order chi connectivity index (χ0) is 18.5. The molecule has 3 aromatic heterocycles. The molecule has 1 aromatic carbocycles. The van der Waals surface area contributed by atoms with Crippen LogP contribution in [0.2, 0.25) is 4.34 Å². The zero-order valence-electron chi connectivity index (χ0n) is 13.8. The van der Waals surface area contributed by atoms with Gasteiger partial charge < -0.3 is 10.4 Å². The van der Waals surface area contributed by atoms with Crippen LogP contribution in [-0.2, 0) is 0 Å². The molecule has 1 aliphatic carbocycles. The summed E-state index contributed by atoms with van der Waals surface area (Å²) < 4.78 is 0.659. The molecule has 3 heterocycles. The summed E-state index contributed by atoms with van der Waals surface area (Å²) in [6, 6.07) is 9.55. The molecule has 0 saturated heterocycles. The first kappa shape index (κ1) is 16.2. The highest BCUT2D eigenvalue weighted by Crippen LogP contribution is 2.40. The standard InChI is InChI=1S/C19H12ClN5OS/c20-15-5-4-14(27-15)11-6-10(9-2-1-3-13-12(9)7-24-25-13)17(21)16-18(11)22-8-23-19(16)26/h1-8,10,21H,(H,24,25)(H,22,23,26). The van der Waals surface area contributed by atoms with Crippen molar-refractivity contribution in [3.8, 4) is 0 Å². The lowest BCUT2D eigenvalue weighted by Crippen LogP contribution is -2.28. The number of hydrogen-bond donors (Lipinski definition) is 3. The van der Waals surface area contributed by atoms with Crippen LogP contribution in [0.4, 0.5) is 0 Å². The lowest BCUT2D eigenvalue weighted by molar-refractivity contribution is 1.03. The molecule has 0 fully saturated rings. The Bertz CT molecular complexity index is 1300. The Kier molecular flexibility index (Phi) is 3.60. The second kappa shape index (κ2) is 6.00. The smallest absolute Gasteiger partial charge is 0.260 e. The fourth-order valence-electron chi connectivity index (χ4n) is 3.50. The summed E-state index contributed by atoms with van der Waals surface area (Å²) >= 11 is 7.56. The number of hydrogen-bond acceptors (Lipinski definition) is 5. The van der Waals surface area contributed by atoms with Gasteiger partial charge in [0.25, 0.3) is 5.56 Å². The van der Waals surface area contributed by atoms with E-state index >= 15 is 0 Å². The number of fused-ring (bicyclic) bond motifs is 2. The predicted octanol–water partition coefficient (Wildman–Crippen LogP) is 3.96. The van der Waals surface area contributed by atoms with Crippen LogP contribution in [0.5, 0.6) is 0 Å². The van der Waals surface area contributed by atoms with Crippen LogP contribution in [0.1, 0.15) is 27.6 Å². The molecular weight excluding hydrogens is 382 g/mol. The molecule has 1 atom stereocenters. The molecule has 1 unspecified atom stereocenters. The van der Waals surface area contributed by atoms with Crippen molar-refractivity contribution in [2.45, 2.75) is 5.92 Å². The normalized spacial score (nSPS) is 16.4. The third-order valence-electron chi connectivity index (χ3n) is 4.71. The summed E-state index contributed by atoms with van der Waals surface area (Å²) in [5, 5.41) is 16.7. The van der Waals surface area contributed by atoms with Gasteiger partial charge in [0.15, 0.2) is 0 Å². The first-order valence-electron chi connectivity index (χ1n) is 8.20. The van der Waals surface area contributed by atoms with Gasteiger partial charge in [-0.1, -0.05) is 29.8 Å². The molecule has 8 heteroatoms. The number of H-pyrrole nitrogens is 2. The average molecular weight is 394 g/mol. The van der Waals surface area contributed by atoms with Crippen LogP contribution >= 0.6 is 22.9 Å². The molecule has 3 N–H and O–H groups in total. The van der Waals surface area contributed by atoms with Crippen LogP contribution in [0, 0.1) is 5.41 Å². The molecule has 6 nitrogen and oxygen atoms in total. The minimum absolute atomic E-state index is 0.222. The van der Waals surface area contributed by atoms with E-state index in [4.69, 9.17) is 17.0 Å². The summed E-state index contributed by atoms with van der Waals surface area (Å²) in [6.07, 6.45) is 5.10. The van der Waals surface area contributed by atoms with Crippen molar-refractivity contribution in [2.24, 2.45) is 0 Å². The van der Waals surface area contributed by atoms with Gasteiger partial charge in [-0.2, -0.15) is 5.10 Å². The van der Waals surface area contributed by atoms with Crippen molar-refractivity contribution in [1.82, 2.24) is 20.2 Å². The van der Waals surface area contributed by atoms with Crippen molar-refractivity contribution < 1.29 is 0 Å². The molecule has 4 aromatic rings. The maximum atomic E-state index is 12.5. The summed E-state index contributed by atoms with van der Waals surface area (Å²) in [7, 11) is 0. The van der Waals surface area contributed by atoms with Crippen molar-refractivity contribution in [3.63, 3.8) is 0 Å². The van der Waals surface area contributed by atoms with Crippen molar-refractivity contribution in [2.75, 3.05) is 0 Å². The summed E-state index contributed by atoms with van der Waals surface area (Å²) in [6.45, 7) is 0. The Morgan fingerprint density at radius 2 is 2.11 bits per heavy atom. The number of rotatable bonds is 2. The highest BCUT2D eigenvalue weighted by molar-refractivity contribution is 7.17. The van der Waals surface area contributed by atoms with E-state index in [2.05, 4.69) is 20.2 Å². The van der Waals surface area contributed by atoms with Gasteiger partial charge in [-0.3, -0.25) is 9.89 Å². The lowest BCUT2D eigenvalue weighted by atomic mass is 9.81. The monoisotopic (exact) mass is 393 g/mol. The highest BCUT2D eigenvalue weighted by atomic mass is 35.5. The number of benzene rings is 1. The molecule has 0 bridgehead atoms. The van der Waals surface area contributed by atoms with Gasteiger partial charge in [0, 0.05) is 21.8 Å². The SMILES string of the molecule is N=C1c2c(nc[nH]c2=O)C(c2ccc(Cl)s2)=CC1c1cccc2[nH]ncc12. The lowest BCUT2D eigenvalue weighted by Gasteiger charge is -2.24. The molecule has 132 valence electrons. The maximum absolute atomic E-state index is 12.5. The van der Waals surface area contributed by atoms with Crippen LogP contribution in [0.25, 0.3) is 16.5 Å². The van der Waals surface area contributed by atoms with E-state index in [-0.39, 0.29) is 17.2 Å². The van der Waals surface area contributed by atoms with E-state index in [1.165, 1.54) is 17.7 Å². The number of thiophene rings is 1. The van der Waals surface area contributed by atoms with Gasteiger partial charge in [0.05, 0.1) is 39.3 Å². The first-order valence-corrected chi connectivity index (χ1v) is 9.39. The van der Waals surface area contributed by atoms with Crippen LogP contribution < -0.4 is 5.56 Å². The fourth-order valence-corrected chi connectivity index (χ4v) is 4.57. The summed E-state index contributed by atoms with van der Waals surface area (Å²) in [4.78, 5) is 20.4. The minimum atomic E-state index is -0.389. The van der Waals surface area contributed by atoms with E-state index < -0.39 is 0 Å². The van der Waals surface area contributed by atoms with Gasteiger partial charge in [0.1, 0.15) is 0 Å². The second-order valence-corrected chi connectivity index (χ2v) is 7.92. The molecular formula is C19H12ClN5OS. The predicted molar refractivity (Wildman–Crippen MR) is 107 cm³/mol. The quantitative estimate of drug-likeness (QED) is 0.480. The topological polar surface area (TPSA) is 98.3 Å². The maximum Gasteiger partial charge on any atom is 0.260 e. The van der Waals surface area contributed by atoms with Gasteiger partial charge in [0.2, 0.25) is 0 Å². The number of halogens is 1. The molecule has 0 amide bonds. The Morgan fingerprint density at radius 1 is 1.22 bits per heavy atom. The summed E-state index contributed by atoms with van der Waals surface area (Å²) in [5.74, 6) is -0.389. The van der Waals surface area contributed by atoms with Crippen LogP contribution in [-0.4, -0.2) is 25.9 Å². The number of nitrogens with one attached hydrogen (secondary N) is 3. The Hall–Kier alpha value is -3.03.